The van der Waals surface area contributed by atoms with Crippen molar-refractivity contribution in [2.75, 3.05) is 13.4 Å². The van der Waals surface area contributed by atoms with Gasteiger partial charge >= 0.3 is 0 Å². The fraction of sp³-hybridized carbons (Fsp3) is 0.667. The van der Waals surface area contributed by atoms with Crippen molar-refractivity contribution in [1.82, 2.24) is 0 Å². The molecule has 0 saturated carbocycles. The van der Waals surface area contributed by atoms with Crippen molar-refractivity contribution in [1.29, 1.82) is 0 Å². The highest BCUT2D eigenvalue weighted by Crippen LogP contribution is 2.06. The molecule has 0 unspecified atom stereocenters. The van der Waals surface area contributed by atoms with Gasteiger partial charge in [-0.25, -0.2) is 0 Å². The summed E-state index contributed by atoms with van der Waals surface area (Å²) in [6.45, 7) is 4.33. The molecule has 0 atom stereocenters. The Labute approximate surface area is 62.6 Å². The first kappa shape index (κ1) is 9.27. The van der Waals surface area contributed by atoms with Crippen molar-refractivity contribution in [3.8, 4) is 0 Å². The zero-order valence-corrected chi connectivity index (χ0v) is 8.29. The Hall–Kier alpha value is 0.267. The third-order valence-electron chi connectivity index (χ3n) is 1.13. The van der Waals surface area contributed by atoms with E-state index in [2.05, 4.69) is 30.5 Å². The van der Waals surface area contributed by atoms with Gasteiger partial charge in [-0.3, -0.25) is 0 Å². The lowest BCUT2D eigenvalue weighted by molar-refractivity contribution is 0.415. The van der Waals surface area contributed by atoms with E-state index in [1.165, 1.54) is 0 Å². The van der Waals surface area contributed by atoms with Crippen LogP contribution in [-0.2, 0) is 4.43 Å². The smallest absolute Gasteiger partial charge is 0.211 e. The Morgan fingerprint density at radius 1 is 1.44 bits per heavy atom. The molecule has 0 heterocycles. The van der Waals surface area contributed by atoms with E-state index in [0.717, 1.165) is 0 Å². The first-order chi connectivity index (χ1) is 4.12. The SMILES string of the molecule is CO[Si](C)(C)/C=C/SC. The fourth-order valence-corrected chi connectivity index (χ4v) is 2.29. The number of hydrogen-bond acceptors (Lipinski definition) is 2. The maximum atomic E-state index is 5.28. The largest absolute Gasteiger partial charge is 0.417 e. The average molecular weight is 162 g/mol. The molecule has 0 aromatic carbocycles. The minimum absolute atomic E-state index is 1.40. The van der Waals surface area contributed by atoms with Crippen molar-refractivity contribution in [2.24, 2.45) is 0 Å². The maximum absolute atomic E-state index is 5.28. The van der Waals surface area contributed by atoms with E-state index in [1.807, 2.05) is 0 Å². The Kier molecular flexibility index (Phi) is 4.26. The van der Waals surface area contributed by atoms with Gasteiger partial charge in [0.15, 0.2) is 0 Å². The van der Waals surface area contributed by atoms with Gasteiger partial charge in [-0.05, 0) is 24.8 Å². The summed E-state index contributed by atoms with van der Waals surface area (Å²) in [7, 11) is 0.375. The quantitative estimate of drug-likeness (QED) is 0.589. The Morgan fingerprint density at radius 2 is 2.00 bits per heavy atom. The topological polar surface area (TPSA) is 9.23 Å². The molecule has 3 heteroatoms. The number of thioether (sulfide) groups is 1. The molecule has 1 nitrogen and oxygen atoms in total. The number of rotatable bonds is 3. The predicted octanol–water partition coefficient (Wildman–Crippen LogP) is 2.25. The Bertz CT molecular complexity index is 101. The van der Waals surface area contributed by atoms with E-state index in [1.54, 1.807) is 18.9 Å². The lowest BCUT2D eigenvalue weighted by Gasteiger charge is -2.13. The molecule has 0 N–H and O–H groups in total. The first-order valence-electron chi connectivity index (χ1n) is 2.88. The van der Waals surface area contributed by atoms with Crippen LogP contribution in [0, 0.1) is 0 Å². The lowest BCUT2D eigenvalue weighted by Crippen LogP contribution is -2.25. The summed E-state index contributed by atoms with van der Waals surface area (Å²) >= 11 is 1.72. The van der Waals surface area contributed by atoms with E-state index in [0.29, 0.717) is 0 Å². The molecule has 0 bridgehead atoms. The molecule has 0 aliphatic heterocycles. The van der Waals surface area contributed by atoms with Crippen LogP contribution >= 0.6 is 11.8 Å². The standard InChI is InChI=1S/C6H14OSSi/c1-7-9(3,4)6-5-8-2/h5-6H,1-4H3/b6-5+. The van der Waals surface area contributed by atoms with Crippen molar-refractivity contribution in [2.45, 2.75) is 13.1 Å². The first-order valence-corrected chi connectivity index (χ1v) is 7.15. The fourth-order valence-electron chi connectivity index (χ4n) is 0.300. The van der Waals surface area contributed by atoms with E-state index in [9.17, 15) is 0 Å². The normalized spacial score (nSPS) is 12.9. The molecule has 0 saturated heterocycles. The molecule has 54 valence electrons. The second-order valence-corrected chi connectivity index (χ2v) is 7.04. The van der Waals surface area contributed by atoms with Crippen LogP contribution in [0.3, 0.4) is 0 Å². The van der Waals surface area contributed by atoms with E-state index in [4.69, 9.17) is 4.43 Å². The third-order valence-corrected chi connectivity index (χ3v) is 3.80. The Morgan fingerprint density at radius 3 is 2.33 bits per heavy atom. The molecular formula is C6H14OSSi. The molecule has 0 rings (SSSR count). The van der Waals surface area contributed by atoms with Gasteiger partial charge in [0.2, 0.25) is 8.32 Å². The summed E-state index contributed by atoms with van der Waals surface area (Å²) in [4.78, 5) is 0. The van der Waals surface area contributed by atoms with Crippen molar-refractivity contribution < 1.29 is 4.43 Å². The zero-order valence-electron chi connectivity index (χ0n) is 6.47. The minimum Gasteiger partial charge on any atom is -0.417 e. The number of hydrogen-bond donors (Lipinski definition) is 0. The molecule has 0 aromatic rings. The van der Waals surface area contributed by atoms with Crippen LogP contribution < -0.4 is 0 Å². The highest BCUT2D eigenvalue weighted by atomic mass is 32.2. The summed E-state index contributed by atoms with van der Waals surface area (Å²) in [6.07, 6.45) is 2.05. The van der Waals surface area contributed by atoms with Gasteiger partial charge in [0, 0.05) is 7.11 Å². The van der Waals surface area contributed by atoms with Gasteiger partial charge in [0.05, 0.1) is 0 Å². The van der Waals surface area contributed by atoms with E-state index in [-0.39, 0.29) is 0 Å². The van der Waals surface area contributed by atoms with Crippen molar-refractivity contribution >= 4 is 20.1 Å². The van der Waals surface area contributed by atoms with E-state index < -0.39 is 8.32 Å². The highest BCUT2D eigenvalue weighted by Gasteiger charge is 2.14. The van der Waals surface area contributed by atoms with Crippen LogP contribution in [0.15, 0.2) is 11.1 Å². The Balaban J connectivity index is 3.70. The summed E-state index contributed by atoms with van der Waals surface area (Å²) in [5.74, 6) is 0. The van der Waals surface area contributed by atoms with Crippen LogP contribution in [0.25, 0.3) is 0 Å². The van der Waals surface area contributed by atoms with Gasteiger partial charge in [-0.2, -0.15) is 0 Å². The highest BCUT2D eigenvalue weighted by molar-refractivity contribution is 8.01. The molecule has 0 aromatic heterocycles. The summed E-state index contributed by atoms with van der Waals surface area (Å²) in [5.41, 5.74) is 2.18. The predicted molar refractivity (Wildman–Crippen MR) is 47.1 cm³/mol. The molecular weight excluding hydrogens is 148 g/mol. The molecule has 0 aliphatic rings. The molecule has 0 fully saturated rings. The minimum atomic E-state index is -1.40. The van der Waals surface area contributed by atoms with Crippen LogP contribution in [-0.4, -0.2) is 21.7 Å². The van der Waals surface area contributed by atoms with Crippen LogP contribution in [0.2, 0.25) is 13.1 Å². The third kappa shape index (κ3) is 4.75. The van der Waals surface area contributed by atoms with Gasteiger partial charge in [0.1, 0.15) is 0 Å². The van der Waals surface area contributed by atoms with Crippen molar-refractivity contribution in [3.05, 3.63) is 11.1 Å². The summed E-state index contributed by atoms with van der Waals surface area (Å²) in [5, 5.41) is 2.09. The average Bonchev–Trinajstić information content (AvgIpc) is 1.84. The zero-order chi connectivity index (χ0) is 7.33. The van der Waals surface area contributed by atoms with Crippen LogP contribution in [0.5, 0.6) is 0 Å². The summed E-state index contributed by atoms with van der Waals surface area (Å²) < 4.78 is 5.28. The molecule has 9 heavy (non-hydrogen) atoms. The maximum Gasteiger partial charge on any atom is 0.211 e. The molecule has 0 amide bonds. The molecule has 0 radical (unpaired) electrons. The van der Waals surface area contributed by atoms with Gasteiger partial charge in [0.25, 0.3) is 0 Å². The van der Waals surface area contributed by atoms with E-state index >= 15 is 0 Å². The van der Waals surface area contributed by atoms with Gasteiger partial charge < -0.3 is 4.43 Å². The van der Waals surface area contributed by atoms with Gasteiger partial charge in [-0.1, -0.05) is 5.70 Å². The van der Waals surface area contributed by atoms with Crippen molar-refractivity contribution in [3.63, 3.8) is 0 Å². The molecule has 0 spiro atoms. The van der Waals surface area contributed by atoms with Gasteiger partial charge in [-0.15, -0.1) is 11.8 Å². The second-order valence-electron chi connectivity index (χ2n) is 2.35. The van der Waals surface area contributed by atoms with Crippen LogP contribution in [0.1, 0.15) is 0 Å². The monoisotopic (exact) mass is 162 g/mol. The lowest BCUT2D eigenvalue weighted by atomic mass is 11.2. The summed E-state index contributed by atoms with van der Waals surface area (Å²) in [6, 6.07) is 0. The van der Waals surface area contributed by atoms with Crippen LogP contribution in [0.4, 0.5) is 0 Å². The molecule has 0 aliphatic carbocycles. The second kappa shape index (κ2) is 4.14.